The lowest BCUT2D eigenvalue weighted by Gasteiger charge is -2.59. The SMILES string of the molecule is Cc1ccc(C(=O)O)cc1Nc1cnn(C23C[C@@H]4CC(C[C@@H](C4)C2)[C@H]3C(=O)O)c(=O)c1Cl. The van der Waals surface area contributed by atoms with Crippen molar-refractivity contribution in [3.63, 3.8) is 0 Å². The van der Waals surface area contributed by atoms with Crippen molar-refractivity contribution >= 4 is 34.9 Å². The number of carbonyl (C=O) groups is 2. The number of hydrogen-bond donors (Lipinski definition) is 3. The molecule has 168 valence electrons. The first-order valence-corrected chi connectivity index (χ1v) is 11.2. The lowest BCUT2D eigenvalue weighted by Crippen LogP contribution is -2.63. The second kappa shape index (κ2) is 7.33. The average molecular weight is 458 g/mol. The summed E-state index contributed by atoms with van der Waals surface area (Å²) in [4.78, 5) is 36.9. The van der Waals surface area contributed by atoms with Crippen LogP contribution in [0.25, 0.3) is 0 Å². The zero-order chi connectivity index (χ0) is 22.8. The van der Waals surface area contributed by atoms with E-state index in [4.69, 9.17) is 11.6 Å². The number of halogens is 1. The third kappa shape index (κ3) is 3.11. The molecule has 1 aromatic heterocycles. The van der Waals surface area contributed by atoms with Crippen LogP contribution in [-0.4, -0.2) is 31.9 Å². The van der Waals surface area contributed by atoms with Crippen LogP contribution >= 0.6 is 11.6 Å². The second-order valence-electron chi connectivity index (χ2n) is 9.58. The van der Waals surface area contributed by atoms with E-state index in [0.29, 0.717) is 30.4 Å². The topological polar surface area (TPSA) is 122 Å². The molecule has 4 fully saturated rings. The van der Waals surface area contributed by atoms with Gasteiger partial charge in [0.2, 0.25) is 0 Å². The van der Waals surface area contributed by atoms with E-state index in [1.54, 1.807) is 6.07 Å². The van der Waals surface area contributed by atoms with E-state index in [-0.39, 0.29) is 22.2 Å². The van der Waals surface area contributed by atoms with E-state index in [0.717, 1.165) is 24.8 Å². The predicted molar refractivity (Wildman–Crippen MR) is 118 cm³/mol. The second-order valence-corrected chi connectivity index (χ2v) is 9.95. The van der Waals surface area contributed by atoms with Gasteiger partial charge in [-0.25, -0.2) is 9.48 Å². The molecule has 3 N–H and O–H groups in total. The summed E-state index contributed by atoms with van der Waals surface area (Å²) in [6.07, 6.45) is 5.59. The molecule has 4 aliphatic carbocycles. The Kier molecular flexibility index (Phi) is 4.81. The van der Waals surface area contributed by atoms with Crippen molar-refractivity contribution < 1.29 is 19.8 Å². The number of carboxylic acids is 2. The fourth-order valence-electron chi connectivity index (χ4n) is 6.61. The number of benzene rings is 1. The molecule has 8 nitrogen and oxygen atoms in total. The van der Waals surface area contributed by atoms with Crippen LogP contribution in [-0.2, 0) is 10.3 Å². The molecule has 0 aliphatic heterocycles. The van der Waals surface area contributed by atoms with Crippen molar-refractivity contribution in [3.8, 4) is 0 Å². The van der Waals surface area contributed by atoms with Gasteiger partial charge < -0.3 is 15.5 Å². The highest BCUT2D eigenvalue weighted by Gasteiger charge is 2.61. The largest absolute Gasteiger partial charge is 0.481 e. The number of carboxylic acid groups (broad SMARTS) is 2. The van der Waals surface area contributed by atoms with Crippen molar-refractivity contribution in [3.05, 3.63) is 50.9 Å². The van der Waals surface area contributed by atoms with Gasteiger partial charge in [0, 0.05) is 5.69 Å². The quantitative estimate of drug-likeness (QED) is 0.622. The van der Waals surface area contributed by atoms with E-state index in [2.05, 4.69) is 10.4 Å². The fourth-order valence-corrected chi connectivity index (χ4v) is 6.78. The molecule has 4 aliphatic rings. The third-order valence-electron chi connectivity index (χ3n) is 7.63. The highest BCUT2D eigenvalue weighted by molar-refractivity contribution is 6.33. The van der Waals surface area contributed by atoms with Gasteiger partial charge in [-0.05, 0) is 74.5 Å². The van der Waals surface area contributed by atoms with Crippen molar-refractivity contribution in [1.82, 2.24) is 9.78 Å². The minimum atomic E-state index is -1.06. The van der Waals surface area contributed by atoms with Crippen LogP contribution in [0.2, 0.25) is 5.02 Å². The van der Waals surface area contributed by atoms with E-state index < -0.39 is 29.0 Å². The minimum absolute atomic E-state index is 0.0606. The molecule has 6 rings (SSSR count). The summed E-state index contributed by atoms with van der Waals surface area (Å²) >= 11 is 6.47. The number of aromatic carboxylic acids is 1. The molecule has 4 saturated carbocycles. The van der Waals surface area contributed by atoms with Crippen LogP contribution in [0.1, 0.15) is 48.0 Å². The van der Waals surface area contributed by atoms with E-state index in [1.165, 1.54) is 23.0 Å². The van der Waals surface area contributed by atoms with Gasteiger partial charge in [-0.3, -0.25) is 9.59 Å². The number of aliphatic carboxylic acids is 1. The first kappa shape index (κ1) is 21.0. The molecule has 0 radical (unpaired) electrons. The Labute approximate surface area is 189 Å². The number of anilines is 2. The van der Waals surface area contributed by atoms with Crippen LogP contribution in [0.4, 0.5) is 11.4 Å². The minimum Gasteiger partial charge on any atom is -0.481 e. The Morgan fingerprint density at radius 3 is 2.47 bits per heavy atom. The third-order valence-corrected chi connectivity index (χ3v) is 8.00. The van der Waals surface area contributed by atoms with Gasteiger partial charge in [0.05, 0.1) is 28.9 Å². The summed E-state index contributed by atoms with van der Waals surface area (Å²) in [5.74, 6) is -1.70. The molecule has 1 heterocycles. The molecule has 0 amide bonds. The number of rotatable bonds is 5. The summed E-state index contributed by atoms with van der Waals surface area (Å²) in [5.41, 5.74) is 0.283. The Hall–Kier alpha value is -2.87. The van der Waals surface area contributed by atoms with Crippen LogP contribution in [0.5, 0.6) is 0 Å². The smallest absolute Gasteiger partial charge is 0.335 e. The van der Waals surface area contributed by atoms with Gasteiger partial charge >= 0.3 is 11.9 Å². The molecular weight excluding hydrogens is 434 g/mol. The molecule has 0 spiro atoms. The first-order valence-electron chi connectivity index (χ1n) is 10.8. The number of hydrogen-bond acceptors (Lipinski definition) is 5. The molecule has 9 heteroatoms. The maximum atomic E-state index is 13.4. The normalized spacial score (nSPS) is 30.3. The average Bonchev–Trinajstić information content (AvgIpc) is 2.71. The summed E-state index contributed by atoms with van der Waals surface area (Å²) in [6, 6.07) is 4.64. The van der Waals surface area contributed by atoms with Crippen LogP contribution < -0.4 is 10.9 Å². The molecule has 1 aromatic carbocycles. The Bertz CT molecular complexity index is 1180. The summed E-state index contributed by atoms with van der Waals surface area (Å²) in [7, 11) is 0. The van der Waals surface area contributed by atoms with E-state index in [1.807, 2.05) is 6.92 Å². The number of nitrogens with zero attached hydrogens (tertiary/aromatic N) is 2. The molecule has 32 heavy (non-hydrogen) atoms. The van der Waals surface area contributed by atoms with E-state index >= 15 is 0 Å². The van der Waals surface area contributed by atoms with Crippen molar-refractivity contribution in [2.75, 3.05) is 5.32 Å². The monoisotopic (exact) mass is 457 g/mol. The highest BCUT2D eigenvalue weighted by atomic mass is 35.5. The Balaban J connectivity index is 1.55. The number of nitrogens with one attached hydrogen (secondary N) is 1. The molecule has 5 atom stereocenters. The van der Waals surface area contributed by atoms with Gasteiger partial charge in [0.1, 0.15) is 5.02 Å². The van der Waals surface area contributed by atoms with Crippen LogP contribution in [0, 0.1) is 30.6 Å². The predicted octanol–water partition coefficient (Wildman–Crippen LogP) is 3.88. The lowest BCUT2D eigenvalue weighted by molar-refractivity contribution is -0.168. The molecular formula is C23H24ClN3O5. The summed E-state index contributed by atoms with van der Waals surface area (Å²) in [5, 5.41) is 26.7. The summed E-state index contributed by atoms with van der Waals surface area (Å²) < 4.78 is 1.34. The molecule has 2 unspecified atom stereocenters. The van der Waals surface area contributed by atoms with Gasteiger partial charge in [-0.15, -0.1) is 0 Å². The highest BCUT2D eigenvalue weighted by Crippen LogP contribution is 2.61. The Morgan fingerprint density at radius 1 is 1.16 bits per heavy atom. The van der Waals surface area contributed by atoms with Crippen molar-refractivity contribution in [2.45, 2.75) is 44.6 Å². The lowest BCUT2D eigenvalue weighted by atomic mass is 9.48. The maximum Gasteiger partial charge on any atom is 0.335 e. The maximum absolute atomic E-state index is 13.4. The van der Waals surface area contributed by atoms with Gasteiger partial charge in [-0.1, -0.05) is 17.7 Å². The summed E-state index contributed by atoms with van der Waals surface area (Å²) in [6.45, 7) is 1.81. The number of aromatic nitrogens is 2. The van der Waals surface area contributed by atoms with Crippen molar-refractivity contribution in [2.24, 2.45) is 23.7 Å². The van der Waals surface area contributed by atoms with Gasteiger partial charge in [0.15, 0.2) is 0 Å². The van der Waals surface area contributed by atoms with Crippen LogP contribution in [0.15, 0.2) is 29.2 Å². The zero-order valence-corrected chi connectivity index (χ0v) is 18.3. The van der Waals surface area contributed by atoms with Gasteiger partial charge in [-0.2, -0.15) is 5.10 Å². The zero-order valence-electron chi connectivity index (χ0n) is 17.5. The van der Waals surface area contributed by atoms with Crippen LogP contribution in [0.3, 0.4) is 0 Å². The van der Waals surface area contributed by atoms with E-state index in [9.17, 15) is 24.6 Å². The molecule has 2 aromatic rings. The van der Waals surface area contributed by atoms with Gasteiger partial charge in [0.25, 0.3) is 5.56 Å². The molecule has 0 saturated heterocycles. The molecule has 4 bridgehead atoms. The van der Waals surface area contributed by atoms with Crippen molar-refractivity contribution in [1.29, 1.82) is 0 Å². The number of aryl methyl sites for hydroxylation is 1. The first-order chi connectivity index (χ1) is 15.2. The Morgan fingerprint density at radius 2 is 1.84 bits per heavy atom. The standard InChI is InChI=1S/C23H24ClN3O5/c1-11-2-3-14(21(29)30)7-16(11)26-17-10-25-27(20(28)19(17)24)23-8-12-4-13(9-23)6-15(5-12)18(23)22(31)32/h2-3,7,10,12-13,15,18,26H,4-6,8-9H2,1H3,(H,29,30)(H,31,32)/t12-,13+,15?,18-,23?/m0/s1. The fraction of sp³-hybridized carbons (Fsp3) is 0.478.